The number of thioether (sulfide) groups is 1. The van der Waals surface area contributed by atoms with Crippen molar-refractivity contribution in [2.45, 2.75) is 16.9 Å². The van der Waals surface area contributed by atoms with Crippen molar-refractivity contribution in [1.82, 2.24) is 10.2 Å². The third-order valence-electron chi connectivity index (χ3n) is 3.86. The Hall–Kier alpha value is -2.64. The van der Waals surface area contributed by atoms with Crippen molar-refractivity contribution in [3.8, 4) is 11.5 Å². The van der Waals surface area contributed by atoms with Crippen LogP contribution in [-0.2, 0) is 9.59 Å². The smallest absolute Gasteiger partial charge is 0.277 e. The molecule has 2 amide bonds. The van der Waals surface area contributed by atoms with E-state index in [1.54, 1.807) is 24.3 Å². The SMILES string of the molecule is O=C1CC(Sc2nnc(-c3ccccc3)o2)C(=O)N1c1ccc(Cl)cc1. The van der Waals surface area contributed by atoms with Gasteiger partial charge in [0.25, 0.3) is 5.22 Å². The average Bonchev–Trinajstić information content (AvgIpc) is 3.22. The number of rotatable bonds is 4. The van der Waals surface area contributed by atoms with E-state index in [-0.39, 0.29) is 23.5 Å². The van der Waals surface area contributed by atoms with Gasteiger partial charge >= 0.3 is 0 Å². The van der Waals surface area contributed by atoms with Gasteiger partial charge in [-0.05, 0) is 36.4 Å². The Morgan fingerprint density at radius 2 is 1.77 bits per heavy atom. The predicted octanol–water partition coefficient (Wildman–Crippen LogP) is 3.81. The van der Waals surface area contributed by atoms with E-state index < -0.39 is 5.25 Å². The number of imide groups is 1. The molecule has 0 saturated carbocycles. The molecular formula is C18H12ClN3O3S. The van der Waals surface area contributed by atoms with Gasteiger partial charge in [-0.15, -0.1) is 10.2 Å². The van der Waals surface area contributed by atoms with Crippen LogP contribution in [0.15, 0.2) is 64.2 Å². The number of hydrogen-bond donors (Lipinski definition) is 0. The van der Waals surface area contributed by atoms with E-state index in [9.17, 15) is 9.59 Å². The first-order chi connectivity index (χ1) is 12.6. The Morgan fingerprint density at radius 1 is 1.04 bits per heavy atom. The maximum atomic E-state index is 12.6. The number of nitrogens with zero attached hydrogens (tertiary/aromatic N) is 3. The van der Waals surface area contributed by atoms with Crippen molar-refractivity contribution in [3.63, 3.8) is 0 Å². The summed E-state index contributed by atoms with van der Waals surface area (Å²) in [5, 5.41) is 8.17. The molecule has 4 rings (SSSR count). The number of anilines is 1. The second-order valence-electron chi connectivity index (χ2n) is 5.59. The van der Waals surface area contributed by atoms with Gasteiger partial charge in [0.2, 0.25) is 17.7 Å². The molecule has 1 unspecified atom stereocenters. The minimum absolute atomic E-state index is 0.0785. The minimum atomic E-state index is -0.595. The Bertz CT molecular complexity index is 959. The van der Waals surface area contributed by atoms with E-state index in [1.165, 1.54) is 4.90 Å². The zero-order valence-corrected chi connectivity index (χ0v) is 14.9. The number of carbonyl (C=O) groups is 2. The van der Waals surface area contributed by atoms with Crippen LogP contribution < -0.4 is 4.90 Å². The maximum absolute atomic E-state index is 12.6. The average molecular weight is 386 g/mol. The summed E-state index contributed by atoms with van der Waals surface area (Å²) in [7, 11) is 0. The molecule has 1 atom stereocenters. The third kappa shape index (κ3) is 3.23. The summed E-state index contributed by atoms with van der Waals surface area (Å²) >= 11 is 6.96. The van der Waals surface area contributed by atoms with Gasteiger partial charge in [-0.25, -0.2) is 4.90 Å². The molecule has 26 heavy (non-hydrogen) atoms. The molecule has 2 heterocycles. The standard InChI is InChI=1S/C18H12ClN3O3S/c19-12-6-8-13(9-7-12)22-15(23)10-14(17(22)24)26-18-21-20-16(25-18)11-4-2-1-3-5-11/h1-9,14H,10H2. The molecule has 1 aromatic heterocycles. The highest BCUT2D eigenvalue weighted by Crippen LogP contribution is 2.34. The molecule has 1 aliphatic rings. The molecule has 6 nitrogen and oxygen atoms in total. The summed E-state index contributed by atoms with van der Waals surface area (Å²) in [5.41, 5.74) is 1.30. The summed E-state index contributed by atoms with van der Waals surface area (Å²) in [5.74, 6) is -0.196. The molecule has 2 aromatic carbocycles. The second kappa shape index (κ2) is 6.93. The van der Waals surface area contributed by atoms with Gasteiger partial charge in [-0.2, -0.15) is 0 Å². The second-order valence-corrected chi connectivity index (χ2v) is 7.18. The molecule has 1 aliphatic heterocycles. The van der Waals surface area contributed by atoms with Crippen LogP contribution in [-0.4, -0.2) is 27.3 Å². The van der Waals surface area contributed by atoms with E-state index in [0.717, 1.165) is 17.3 Å². The van der Waals surface area contributed by atoms with Crippen LogP contribution in [0.4, 0.5) is 5.69 Å². The molecule has 1 saturated heterocycles. The highest BCUT2D eigenvalue weighted by atomic mass is 35.5. The third-order valence-corrected chi connectivity index (χ3v) is 5.13. The van der Waals surface area contributed by atoms with Crippen molar-refractivity contribution >= 4 is 40.9 Å². The quantitative estimate of drug-likeness (QED) is 0.635. The lowest BCUT2D eigenvalue weighted by Gasteiger charge is -2.14. The molecule has 0 N–H and O–H groups in total. The highest BCUT2D eigenvalue weighted by molar-refractivity contribution is 8.00. The zero-order chi connectivity index (χ0) is 18.1. The van der Waals surface area contributed by atoms with Crippen LogP contribution in [0.1, 0.15) is 6.42 Å². The van der Waals surface area contributed by atoms with Gasteiger partial charge in [0, 0.05) is 17.0 Å². The van der Waals surface area contributed by atoms with Crippen LogP contribution in [0.3, 0.4) is 0 Å². The maximum Gasteiger partial charge on any atom is 0.277 e. The van der Waals surface area contributed by atoms with Crippen LogP contribution in [0.2, 0.25) is 5.02 Å². The van der Waals surface area contributed by atoms with Gasteiger partial charge in [0.15, 0.2) is 0 Å². The lowest BCUT2D eigenvalue weighted by atomic mass is 10.2. The zero-order valence-electron chi connectivity index (χ0n) is 13.3. The van der Waals surface area contributed by atoms with Gasteiger partial charge in [-0.3, -0.25) is 9.59 Å². The molecule has 0 radical (unpaired) electrons. The van der Waals surface area contributed by atoms with Crippen LogP contribution in [0, 0.1) is 0 Å². The molecule has 130 valence electrons. The summed E-state index contributed by atoms with van der Waals surface area (Å²) in [6, 6.07) is 15.9. The Kier molecular flexibility index (Phi) is 4.48. The molecule has 0 aliphatic carbocycles. The van der Waals surface area contributed by atoms with Gasteiger partial charge in [0.1, 0.15) is 5.25 Å². The molecule has 0 spiro atoms. The Labute approximate surface area is 158 Å². The molecule has 0 bridgehead atoms. The van der Waals surface area contributed by atoms with Crippen molar-refractivity contribution in [2.24, 2.45) is 0 Å². The number of hydrogen-bond acceptors (Lipinski definition) is 6. The fourth-order valence-electron chi connectivity index (χ4n) is 2.63. The molecule has 1 fully saturated rings. The predicted molar refractivity (Wildman–Crippen MR) is 97.9 cm³/mol. The minimum Gasteiger partial charge on any atom is -0.411 e. The largest absolute Gasteiger partial charge is 0.411 e. The normalized spacial score (nSPS) is 17.1. The summed E-state index contributed by atoms with van der Waals surface area (Å²) in [6.07, 6.45) is 0.0785. The summed E-state index contributed by atoms with van der Waals surface area (Å²) in [6.45, 7) is 0. The lowest BCUT2D eigenvalue weighted by molar-refractivity contribution is -0.121. The van der Waals surface area contributed by atoms with Crippen LogP contribution >= 0.6 is 23.4 Å². The van der Waals surface area contributed by atoms with Gasteiger partial charge in [-0.1, -0.05) is 41.6 Å². The van der Waals surface area contributed by atoms with Crippen LogP contribution in [0.5, 0.6) is 0 Å². The van der Waals surface area contributed by atoms with Gasteiger partial charge in [0.05, 0.1) is 5.69 Å². The fraction of sp³-hybridized carbons (Fsp3) is 0.111. The fourth-order valence-corrected chi connectivity index (χ4v) is 3.65. The lowest BCUT2D eigenvalue weighted by Crippen LogP contribution is -2.31. The van der Waals surface area contributed by atoms with E-state index >= 15 is 0 Å². The van der Waals surface area contributed by atoms with E-state index in [2.05, 4.69) is 10.2 Å². The van der Waals surface area contributed by atoms with Crippen molar-refractivity contribution < 1.29 is 14.0 Å². The van der Waals surface area contributed by atoms with E-state index in [1.807, 2.05) is 30.3 Å². The first kappa shape index (κ1) is 16.8. The number of amides is 2. The van der Waals surface area contributed by atoms with E-state index in [4.69, 9.17) is 16.0 Å². The number of carbonyl (C=O) groups excluding carboxylic acids is 2. The van der Waals surface area contributed by atoms with Crippen molar-refractivity contribution in [3.05, 3.63) is 59.6 Å². The van der Waals surface area contributed by atoms with E-state index in [0.29, 0.717) is 16.6 Å². The molecular weight excluding hydrogens is 374 g/mol. The number of halogens is 1. The van der Waals surface area contributed by atoms with Gasteiger partial charge < -0.3 is 4.42 Å². The number of aromatic nitrogens is 2. The Balaban J connectivity index is 1.51. The summed E-state index contributed by atoms with van der Waals surface area (Å²) < 4.78 is 5.61. The topological polar surface area (TPSA) is 76.3 Å². The summed E-state index contributed by atoms with van der Waals surface area (Å²) in [4.78, 5) is 26.1. The Morgan fingerprint density at radius 3 is 2.50 bits per heavy atom. The number of benzene rings is 2. The molecule has 8 heteroatoms. The first-order valence-corrected chi connectivity index (χ1v) is 9.05. The highest BCUT2D eigenvalue weighted by Gasteiger charge is 2.41. The van der Waals surface area contributed by atoms with Crippen molar-refractivity contribution in [2.75, 3.05) is 4.90 Å². The van der Waals surface area contributed by atoms with Crippen LogP contribution in [0.25, 0.3) is 11.5 Å². The van der Waals surface area contributed by atoms with Crippen molar-refractivity contribution in [1.29, 1.82) is 0 Å². The molecule has 3 aromatic rings. The monoisotopic (exact) mass is 385 g/mol. The first-order valence-electron chi connectivity index (χ1n) is 7.80.